The minimum atomic E-state index is -4.17. The van der Waals surface area contributed by atoms with Gasteiger partial charge in [0.1, 0.15) is 11.6 Å². The highest BCUT2D eigenvalue weighted by atomic mass is 32.2. The molecule has 1 atom stereocenters. The predicted molar refractivity (Wildman–Crippen MR) is 174 cm³/mol. The van der Waals surface area contributed by atoms with Crippen LogP contribution in [0.2, 0.25) is 0 Å². The molecule has 4 rings (SSSR count). The van der Waals surface area contributed by atoms with Crippen LogP contribution in [-0.4, -0.2) is 61.1 Å². The highest BCUT2D eigenvalue weighted by Crippen LogP contribution is 2.22. The number of H-pyrrole nitrogens is 1. The van der Waals surface area contributed by atoms with E-state index in [2.05, 4.69) is 25.3 Å². The molecular formula is C31H41N7O6S. The smallest absolute Gasteiger partial charge is 0.325 e. The van der Waals surface area contributed by atoms with Crippen molar-refractivity contribution in [3.05, 3.63) is 87.0 Å². The lowest BCUT2D eigenvalue weighted by Crippen LogP contribution is -2.49. The molecule has 2 heterocycles. The maximum atomic E-state index is 13.5. The molecule has 6 N–H and O–H groups in total. The van der Waals surface area contributed by atoms with E-state index in [9.17, 15) is 22.8 Å². The number of methoxy groups -OCH3 is 1. The number of benzene rings is 2. The number of fused-ring (bicyclic) bond motifs is 1. The van der Waals surface area contributed by atoms with Crippen LogP contribution in [0.25, 0.3) is 10.9 Å². The Hall–Kier alpha value is -4.53. The van der Waals surface area contributed by atoms with Crippen molar-refractivity contribution >= 4 is 38.8 Å². The van der Waals surface area contributed by atoms with Gasteiger partial charge in [0, 0.05) is 43.6 Å². The molecule has 1 amide bonds. The van der Waals surface area contributed by atoms with Gasteiger partial charge < -0.3 is 30.7 Å². The van der Waals surface area contributed by atoms with Crippen LogP contribution in [-0.2, 0) is 32.6 Å². The van der Waals surface area contributed by atoms with Gasteiger partial charge in [-0.3, -0.25) is 14.4 Å². The standard InChI is InChI=1S/C30H37N7O6S.CH4/c1-18-12-19(2)27(20(3)13-18)44(41,42)36-24(29(40)43-4)16-34-28(39)23-17-37(11-5-8-31)25-14-21(6-7-22(25)26(23)38)15-35-30-32-9-10-33-30;/h6-7,9-10,12-14,17,24,36H,5,8,11,15-16,31H2,1-4H3,(H,34,39)(H2,32,33,35);1H4. The summed E-state index contributed by atoms with van der Waals surface area (Å²) in [6, 6.07) is 7.31. The fourth-order valence-corrected chi connectivity index (χ4v) is 6.78. The van der Waals surface area contributed by atoms with Crippen molar-refractivity contribution in [2.24, 2.45) is 5.73 Å². The molecule has 1 unspecified atom stereocenters. The fraction of sp³-hybridized carbons (Fsp3) is 0.355. The monoisotopic (exact) mass is 639 g/mol. The number of hydrogen-bond donors (Lipinski definition) is 5. The SMILES string of the molecule is C.COC(=O)C(CNC(=O)c1cn(CCCN)c2cc(CNc3ncc[nH]3)ccc2c1=O)NS(=O)(=O)c1c(C)cc(C)cc1C. The van der Waals surface area contributed by atoms with E-state index in [1.165, 1.54) is 6.20 Å². The van der Waals surface area contributed by atoms with E-state index in [-0.39, 0.29) is 17.9 Å². The van der Waals surface area contributed by atoms with Crippen molar-refractivity contribution in [1.29, 1.82) is 0 Å². The Morgan fingerprint density at radius 3 is 2.47 bits per heavy atom. The van der Waals surface area contributed by atoms with Gasteiger partial charge in [0.25, 0.3) is 5.91 Å². The quantitative estimate of drug-likeness (QED) is 0.137. The number of hydrogen-bond acceptors (Lipinski definition) is 9. The number of aromatic nitrogens is 3. The molecule has 14 heteroatoms. The van der Waals surface area contributed by atoms with Crippen LogP contribution in [0.1, 0.15) is 46.5 Å². The summed E-state index contributed by atoms with van der Waals surface area (Å²) in [4.78, 5) is 46.5. The highest BCUT2D eigenvalue weighted by molar-refractivity contribution is 7.89. The van der Waals surface area contributed by atoms with Crippen molar-refractivity contribution in [3.63, 3.8) is 0 Å². The van der Waals surface area contributed by atoms with E-state index >= 15 is 0 Å². The van der Waals surface area contributed by atoms with Gasteiger partial charge in [-0.2, -0.15) is 4.72 Å². The Kier molecular flexibility index (Phi) is 11.6. The summed E-state index contributed by atoms with van der Waals surface area (Å²) in [5.74, 6) is -1.06. The number of carbonyl (C=O) groups is 2. The van der Waals surface area contributed by atoms with Crippen LogP contribution in [0.4, 0.5) is 5.95 Å². The van der Waals surface area contributed by atoms with Gasteiger partial charge in [0.2, 0.25) is 15.5 Å². The second-order valence-corrected chi connectivity index (χ2v) is 12.1. The maximum Gasteiger partial charge on any atom is 0.325 e. The van der Waals surface area contributed by atoms with Crippen molar-refractivity contribution in [2.75, 3.05) is 25.5 Å². The van der Waals surface area contributed by atoms with Gasteiger partial charge in [-0.05, 0) is 62.6 Å². The fourth-order valence-electron chi connectivity index (χ4n) is 5.14. The third-order valence-electron chi connectivity index (χ3n) is 7.07. The lowest BCUT2D eigenvalue weighted by Gasteiger charge is -2.20. The number of amides is 1. The van der Waals surface area contributed by atoms with E-state index in [4.69, 9.17) is 10.5 Å². The number of aryl methyl sites for hydroxylation is 4. The molecule has 13 nitrogen and oxygen atoms in total. The molecule has 0 aliphatic carbocycles. The largest absolute Gasteiger partial charge is 0.468 e. The first kappa shape index (κ1) is 35.0. The number of rotatable bonds is 13. The number of ether oxygens (including phenoxy) is 1. The normalized spacial score (nSPS) is 11.9. The number of esters is 1. The zero-order chi connectivity index (χ0) is 32.0. The molecule has 4 aromatic rings. The first-order chi connectivity index (χ1) is 20.9. The molecule has 0 aliphatic heterocycles. The maximum absolute atomic E-state index is 13.5. The van der Waals surface area contributed by atoms with Gasteiger partial charge in [-0.15, -0.1) is 0 Å². The first-order valence-electron chi connectivity index (χ1n) is 14.0. The first-order valence-corrected chi connectivity index (χ1v) is 15.5. The Balaban J connectivity index is 0.00000552. The van der Waals surface area contributed by atoms with Crippen LogP contribution in [0.5, 0.6) is 0 Å². The third-order valence-corrected chi connectivity index (χ3v) is 8.85. The van der Waals surface area contributed by atoms with Gasteiger partial charge in [-0.25, -0.2) is 13.4 Å². The van der Waals surface area contributed by atoms with Gasteiger partial charge in [-0.1, -0.05) is 31.2 Å². The Labute approximate surface area is 262 Å². The summed E-state index contributed by atoms with van der Waals surface area (Å²) in [7, 11) is -3.06. The molecule has 0 spiro atoms. The Morgan fingerprint density at radius 1 is 1.13 bits per heavy atom. The number of imidazole rings is 1. The molecule has 2 aromatic carbocycles. The summed E-state index contributed by atoms with van der Waals surface area (Å²) in [6.07, 6.45) is 5.38. The second kappa shape index (κ2) is 15.0. The highest BCUT2D eigenvalue weighted by Gasteiger charge is 2.29. The van der Waals surface area contributed by atoms with Crippen molar-refractivity contribution in [2.45, 2.75) is 58.6 Å². The topological polar surface area (TPSA) is 190 Å². The third kappa shape index (κ3) is 8.15. The van der Waals surface area contributed by atoms with E-state index in [0.29, 0.717) is 54.0 Å². The molecule has 0 saturated carbocycles. The minimum Gasteiger partial charge on any atom is -0.468 e. The average molecular weight is 640 g/mol. The van der Waals surface area contributed by atoms with E-state index in [1.54, 1.807) is 55.1 Å². The lowest BCUT2D eigenvalue weighted by molar-refractivity contribution is -0.142. The summed E-state index contributed by atoms with van der Waals surface area (Å²) in [5.41, 5.74) is 8.51. The van der Waals surface area contributed by atoms with Crippen LogP contribution < -0.4 is 26.5 Å². The summed E-state index contributed by atoms with van der Waals surface area (Å²) >= 11 is 0. The number of anilines is 1. The average Bonchev–Trinajstić information content (AvgIpc) is 3.50. The van der Waals surface area contributed by atoms with Crippen molar-refractivity contribution < 1.29 is 22.7 Å². The zero-order valence-electron chi connectivity index (χ0n) is 25.1. The number of sulfonamides is 1. The number of nitrogens with two attached hydrogens (primary N) is 1. The van der Waals surface area contributed by atoms with Crippen LogP contribution >= 0.6 is 0 Å². The van der Waals surface area contributed by atoms with Gasteiger partial charge in [0.15, 0.2) is 5.95 Å². The van der Waals surface area contributed by atoms with Gasteiger partial charge in [0.05, 0.1) is 17.5 Å². The van der Waals surface area contributed by atoms with Crippen LogP contribution in [0.3, 0.4) is 0 Å². The van der Waals surface area contributed by atoms with E-state index < -0.39 is 39.9 Å². The minimum absolute atomic E-state index is 0. The lowest BCUT2D eigenvalue weighted by atomic mass is 10.1. The Morgan fingerprint density at radius 2 is 1.84 bits per heavy atom. The van der Waals surface area contributed by atoms with E-state index in [1.807, 2.05) is 13.0 Å². The zero-order valence-corrected chi connectivity index (χ0v) is 25.9. The van der Waals surface area contributed by atoms with Crippen LogP contribution in [0.15, 0.2) is 58.6 Å². The Bertz CT molecular complexity index is 1810. The summed E-state index contributed by atoms with van der Waals surface area (Å²) in [6.45, 7) is 6.02. The van der Waals surface area contributed by atoms with E-state index in [0.717, 1.165) is 18.2 Å². The molecule has 0 aliphatic rings. The van der Waals surface area contributed by atoms with Crippen molar-refractivity contribution in [1.82, 2.24) is 24.6 Å². The van der Waals surface area contributed by atoms with Gasteiger partial charge >= 0.3 is 5.97 Å². The second-order valence-electron chi connectivity index (χ2n) is 10.5. The van der Waals surface area contributed by atoms with Crippen molar-refractivity contribution in [3.8, 4) is 0 Å². The number of nitrogens with zero attached hydrogens (tertiary/aromatic N) is 2. The molecule has 45 heavy (non-hydrogen) atoms. The number of carbonyl (C=O) groups excluding carboxylic acids is 2. The summed E-state index contributed by atoms with van der Waals surface area (Å²) in [5, 5.41) is 6.03. The molecule has 0 saturated heterocycles. The molecule has 0 bridgehead atoms. The molecule has 0 fully saturated rings. The number of aromatic amines is 1. The summed E-state index contributed by atoms with van der Waals surface area (Å²) < 4.78 is 35.6. The number of nitrogens with one attached hydrogen (secondary N) is 4. The van der Waals surface area contributed by atoms with Crippen LogP contribution in [0, 0.1) is 20.8 Å². The predicted octanol–water partition coefficient (Wildman–Crippen LogP) is 2.50. The molecular weight excluding hydrogens is 598 g/mol. The number of pyridine rings is 1. The molecule has 0 radical (unpaired) electrons. The molecule has 242 valence electrons. The molecule has 2 aromatic heterocycles.